The van der Waals surface area contributed by atoms with Gasteiger partial charge in [0.1, 0.15) is 12.4 Å². The van der Waals surface area contributed by atoms with Crippen molar-refractivity contribution in [2.45, 2.75) is 19.2 Å². The molecule has 1 aromatic carbocycles. The fraction of sp³-hybridized carbons (Fsp3) is 0.278. The smallest absolute Gasteiger partial charge is 0.416 e. The molecule has 2 aliphatic heterocycles. The van der Waals surface area contributed by atoms with Gasteiger partial charge in [-0.2, -0.15) is 13.2 Å². The number of rotatable bonds is 1. The third-order valence-electron chi connectivity index (χ3n) is 4.47. The molecule has 0 radical (unpaired) electrons. The van der Waals surface area contributed by atoms with Crippen LogP contribution in [0.4, 0.5) is 13.2 Å². The zero-order chi connectivity index (χ0) is 19.3. The van der Waals surface area contributed by atoms with Crippen molar-refractivity contribution >= 4 is 11.9 Å². The van der Waals surface area contributed by atoms with Gasteiger partial charge in [-0.1, -0.05) is 4.68 Å². The highest BCUT2D eigenvalue weighted by molar-refractivity contribution is 5.87. The van der Waals surface area contributed by atoms with Crippen LogP contribution in [-0.4, -0.2) is 44.9 Å². The summed E-state index contributed by atoms with van der Waals surface area (Å²) in [5, 5.41) is 25.1. The summed E-state index contributed by atoms with van der Waals surface area (Å²) in [6.07, 6.45) is -3.60. The number of aromatic nitrogens is 1. The summed E-state index contributed by atoms with van der Waals surface area (Å²) in [7, 11) is 0. The van der Waals surface area contributed by atoms with Gasteiger partial charge in [0, 0.05) is 10.7 Å². The maximum absolute atomic E-state index is 12.9. The Morgan fingerprint density at radius 1 is 1.26 bits per heavy atom. The van der Waals surface area contributed by atoms with Gasteiger partial charge in [0.2, 0.25) is 17.4 Å². The van der Waals surface area contributed by atoms with Crippen LogP contribution in [0.2, 0.25) is 0 Å². The number of benzene rings is 1. The van der Waals surface area contributed by atoms with Crippen LogP contribution in [0.15, 0.2) is 29.4 Å². The number of aliphatic hydroxyl groups is 1. The van der Waals surface area contributed by atoms with Gasteiger partial charge in [-0.15, -0.1) is 0 Å². The van der Waals surface area contributed by atoms with E-state index in [1.807, 2.05) is 0 Å². The van der Waals surface area contributed by atoms with Gasteiger partial charge in [0.15, 0.2) is 6.10 Å². The third kappa shape index (κ3) is 3.08. The number of phenols is 1. The molecule has 1 fully saturated rings. The number of aliphatic hydroxyl groups excluding tert-OH is 1. The highest BCUT2D eigenvalue weighted by Crippen LogP contribution is 2.38. The first-order chi connectivity index (χ1) is 12.7. The molecule has 1 aromatic heterocycles. The highest BCUT2D eigenvalue weighted by atomic mass is 19.4. The van der Waals surface area contributed by atoms with Gasteiger partial charge in [-0.25, -0.2) is 4.98 Å². The van der Waals surface area contributed by atoms with E-state index in [0.717, 1.165) is 6.07 Å². The van der Waals surface area contributed by atoms with E-state index in [4.69, 9.17) is 4.74 Å². The number of fused-ring (bicyclic) bond motifs is 1. The number of nitrogens with zero attached hydrogens (tertiary/aromatic N) is 3. The SMILES string of the molecule is Cc1cc(C(F)(F)F)cc(O)c1-c1ccc2c(n1)=N/[N+](=C1\COC[C@H]1O)C=2. The summed E-state index contributed by atoms with van der Waals surface area (Å²) in [5.41, 5.74) is 0.794. The maximum Gasteiger partial charge on any atom is 0.416 e. The second kappa shape index (κ2) is 6.14. The van der Waals surface area contributed by atoms with Gasteiger partial charge in [-0.05, 0) is 36.8 Å². The Morgan fingerprint density at radius 3 is 2.67 bits per heavy atom. The first-order valence-corrected chi connectivity index (χ1v) is 8.13. The van der Waals surface area contributed by atoms with Crippen LogP contribution in [0, 0.1) is 6.92 Å². The van der Waals surface area contributed by atoms with E-state index in [9.17, 15) is 23.4 Å². The van der Waals surface area contributed by atoms with Crippen LogP contribution >= 0.6 is 0 Å². The number of ether oxygens (including phenoxy) is 1. The summed E-state index contributed by atoms with van der Waals surface area (Å²) in [6.45, 7) is 1.93. The van der Waals surface area contributed by atoms with Crippen molar-refractivity contribution in [1.82, 2.24) is 4.98 Å². The van der Waals surface area contributed by atoms with E-state index in [1.165, 1.54) is 11.6 Å². The topological polar surface area (TPSA) is 78.0 Å². The van der Waals surface area contributed by atoms with Crippen LogP contribution in [0.25, 0.3) is 17.5 Å². The molecule has 0 spiro atoms. The molecule has 2 N–H and O–H groups in total. The normalized spacial score (nSPS) is 21.7. The molecule has 9 heteroatoms. The minimum Gasteiger partial charge on any atom is -0.507 e. The molecule has 6 nitrogen and oxygen atoms in total. The second-order valence-corrected chi connectivity index (χ2v) is 6.39. The van der Waals surface area contributed by atoms with Gasteiger partial charge in [-0.3, -0.25) is 0 Å². The molecular weight excluding hydrogens is 363 g/mol. The number of alkyl halides is 3. The Labute approximate surface area is 151 Å². The zero-order valence-electron chi connectivity index (χ0n) is 14.2. The van der Waals surface area contributed by atoms with E-state index in [0.29, 0.717) is 28.2 Å². The van der Waals surface area contributed by atoms with Gasteiger partial charge in [0.25, 0.3) is 0 Å². The van der Waals surface area contributed by atoms with Crippen LogP contribution < -0.4 is 10.7 Å². The quantitative estimate of drug-likeness (QED) is 0.724. The molecule has 3 heterocycles. The molecular formula is C18H15F3N3O3+. The van der Waals surface area contributed by atoms with E-state index in [-0.39, 0.29) is 24.3 Å². The van der Waals surface area contributed by atoms with Crippen LogP contribution in [-0.2, 0) is 10.9 Å². The molecule has 0 unspecified atom stereocenters. The van der Waals surface area contributed by atoms with Crippen LogP contribution in [0.5, 0.6) is 5.75 Å². The number of aryl methyl sites for hydroxylation is 1. The van der Waals surface area contributed by atoms with Gasteiger partial charge in [0.05, 0.1) is 23.1 Å². The summed E-state index contributed by atoms with van der Waals surface area (Å²) in [6, 6.07) is 4.98. The Kier molecular flexibility index (Phi) is 4.01. The van der Waals surface area contributed by atoms with Crippen molar-refractivity contribution < 1.29 is 32.8 Å². The molecule has 1 atom stereocenters. The lowest BCUT2D eigenvalue weighted by atomic mass is 10.0. The fourth-order valence-electron chi connectivity index (χ4n) is 3.14. The predicted molar refractivity (Wildman–Crippen MR) is 88.4 cm³/mol. The second-order valence-electron chi connectivity index (χ2n) is 6.39. The van der Waals surface area contributed by atoms with Crippen molar-refractivity contribution in [3.8, 4) is 17.0 Å². The molecule has 0 aliphatic carbocycles. The molecule has 4 rings (SSSR count). The Hall–Kier alpha value is -2.78. The number of pyridine rings is 1. The minimum absolute atomic E-state index is 0.197. The molecule has 140 valence electrons. The van der Waals surface area contributed by atoms with Gasteiger partial charge < -0.3 is 14.9 Å². The van der Waals surface area contributed by atoms with Crippen LogP contribution in [0.1, 0.15) is 11.1 Å². The predicted octanol–water partition coefficient (Wildman–Crippen LogP) is 0.912. The number of hydrogen-bond acceptors (Lipinski definition) is 5. The summed E-state index contributed by atoms with van der Waals surface area (Å²) < 4.78 is 45.4. The molecule has 2 aromatic rings. The number of aromatic hydroxyl groups is 1. The average Bonchev–Trinajstić information content (AvgIpc) is 3.18. The Bertz CT molecular complexity index is 1070. The van der Waals surface area contributed by atoms with Crippen molar-refractivity contribution in [2.75, 3.05) is 13.2 Å². The van der Waals surface area contributed by atoms with Crippen molar-refractivity contribution in [2.24, 2.45) is 5.10 Å². The first kappa shape index (κ1) is 17.6. The maximum atomic E-state index is 12.9. The van der Waals surface area contributed by atoms with Crippen molar-refractivity contribution in [1.29, 1.82) is 0 Å². The lowest BCUT2D eigenvalue weighted by molar-refractivity contribution is -0.431. The first-order valence-electron chi connectivity index (χ1n) is 8.13. The molecule has 27 heavy (non-hydrogen) atoms. The standard InChI is InChI=1S/C18H14F3N3O3/c1-9-4-11(18(19,20)21)5-14(25)16(9)12-3-2-10-6-24(23-17(10)22-12)13-7-27-8-15(13)26/h2-6,15,26H,7-8H2,1H3/p+1/b24-13+/t15-/m1/s1. The number of halogens is 3. The van der Waals surface area contributed by atoms with Crippen molar-refractivity contribution in [3.63, 3.8) is 0 Å². The fourth-order valence-corrected chi connectivity index (χ4v) is 3.14. The lowest BCUT2D eigenvalue weighted by Crippen LogP contribution is -2.25. The van der Waals surface area contributed by atoms with E-state index < -0.39 is 23.6 Å². The summed E-state index contributed by atoms with van der Waals surface area (Å²) in [4.78, 5) is 4.37. The summed E-state index contributed by atoms with van der Waals surface area (Å²) in [5.74, 6) is -0.498. The monoisotopic (exact) mass is 378 g/mol. The highest BCUT2D eigenvalue weighted by Gasteiger charge is 2.33. The molecule has 1 saturated heterocycles. The zero-order valence-corrected chi connectivity index (χ0v) is 14.2. The summed E-state index contributed by atoms with van der Waals surface area (Å²) >= 11 is 0. The van der Waals surface area contributed by atoms with E-state index in [2.05, 4.69) is 10.1 Å². The largest absolute Gasteiger partial charge is 0.507 e. The van der Waals surface area contributed by atoms with E-state index >= 15 is 0 Å². The van der Waals surface area contributed by atoms with Crippen LogP contribution in [0.3, 0.4) is 0 Å². The molecule has 0 saturated carbocycles. The third-order valence-corrected chi connectivity index (χ3v) is 4.47. The number of hydrogen-bond donors (Lipinski definition) is 2. The lowest BCUT2D eigenvalue weighted by Gasteiger charge is -2.12. The van der Waals surface area contributed by atoms with Crippen molar-refractivity contribution in [3.05, 3.63) is 46.1 Å². The van der Waals surface area contributed by atoms with E-state index in [1.54, 1.807) is 18.3 Å². The average molecular weight is 378 g/mol. The van der Waals surface area contributed by atoms with Gasteiger partial charge >= 0.3 is 6.18 Å². The minimum atomic E-state index is -4.54. The molecule has 0 bridgehead atoms. The number of phenolic OH excluding ortho intramolecular Hbond substituents is 1. The Balaban J connectivity index is 1.81. The Morgan fingerprint density at radius 2 is 2.04 bits per heavy atom. The molecule has 2 aliphatic rings. The molecule has 0 amide bonds.